The molecule has 0 unspecified atom stereocenters. The standard InChI is InChI=1S/C21H14N2O5/c22-12-15(20(25)23-16-5-7-17(24)8-6-16)11-18-9-10-19(28-18)13-1-3-14(4-2-13)21(26)27/h1-11,24H,(H,23,25)(H,26,27)/b15-11-. The maximum absolute atomic E-state index is 12.2. The summed E-state index contributed by atoms with van der Waals surface area (Å²) >= 11 is 0. The van der Waals surface area contributed by atoms with Crippen LogP contribution in [0.15, 0.2) is 70.7 Å². The van der Waals surface area contributed by atoms with Crippen LogP contribution < -0.4 is 5.32 Å². The molecule has 0 fully saturated rings. The molecule has 0 aliphatic heterocycles. The Labute approximate surface area is 159 Å². The van der Waals surface area contributed by atoms with Crippen LogP contribution in [-0.2, 0) is 4.79 Å². The van der Waals surface area contributed by atoms with Gasteiger partial charge in [-0.15, -0.1) is 0 Å². The number of carbonyl (C=O) groups is 2. The van der Waals surface area contributed by atoms with Crippen molar-refractivity contribution in [3.8, 4) is 23.1 Å². The van der Waals surface area contributed by atoms with E-state index >= 15 is 0 Å². The van der Waals surface area contributed by atoms with Crippen molar-refractivity contribution in [2.75, 3.05) is 5.32 Å². The van der Waals surface area contributed by atoms with Crippen LogP contribution in [0, 0.1) is 11.3 Å². The van der Waals surface area contributed by atoms with Gasteiger partial charge in [0.05, 0.1) is 5.56 Å². The first-order chi connectivity index (χ1) is 13.5. The molecule has 0 saturated carbocycles. The molecule has 1 aromatic heterocycles. The molecule has 0 bridgehead atoms. The number of hydrogen-bond acceptors (Lipinski definition) is 5. The fourth-order valence-corrected chi connectivity index (χ4v) is 2.40. The molecule has 2 aromatic carbocycles. The third-order valence-electron chi connectivity index (χ3n) is 3.82. The highest BCUT2D eigenvalue weighted by Gasteiger charge is 2.12. The second-order valence-corrected chi connectivity index (χ2v) is 5.76. The lowest BCUT2D eigenvalue weighted by atomic mass is 10.1. The summed E-state index contributed by atoms with van der Waals surface area (Å²) in [5.41, 5.74) is 1.10. The van der Waals surface area contributed by atoms with Crippen LogP contribution in [0.5, 0.6) is 5.75 Å². The van der Waals surface area contributed by atoms with Gasteiger partial charge in [-0.2, -0.15) is 5.26 Å². The van der Waals surface area contributed by atoms with E-state index in [0.717, 1.165) is 0 Å². The summed E-state index contributed by atoms with van der Waals surface area (Å²) in [5, 5.41) is 30.0. The van der Waals surface area contributed by atoms with Crippen molar-refractivity contribution >= 4 is 23.6 Å². The van der Waals surface area contributed by atoms with Gasteiger partial charge in [0, 0.05) is 17.3 Å². The number of carboxylic acids is 1. The van der Waals surface area contributed by atoms with Crippen LogP contribution in [0.25, 0.3) is 17.4 Å². The Morgan fingerprint density at radius 3 is 2.29 bits per heavy atom. The molecule has 7 heteroatoms. The number of phenols is 1. The number of furan rings is 1. The van der Waals surface area contributed by atoms with Gasteiger partial charge in [-0.25, -0.2) is 4.79 Å². The van der Waals surface area contributed by atoms with Crippen LogP contribution >= 0.6 is 0 Å². The van der Waals surface area contributed by atoms with E-state index in [0.29, 0.717) is 22.8 Å². The summed E-state index contributed by atoms with van der Waals surface area (Å²) in [7, 11) is 0. The van der Waals surface area contributed by atoms with Crippen LogP contribution in [0.2, 0.25) is 0 Å². The number of phenolic OH excluding ortho intramolecular Hbond substituents is 1. The van der Waals surface area contributed by atoms with Crippen molar-refractivity contribution in [2.24, 2.45) is 0 Å². The summed E-state index contributed by atoms with van der Waals surface area (Å²) in [6, 6.07) is 17.1. The highest BCUT2D eigenvalue weighted by atomic mass is 16.4. The summed E-state index contributed by atoms with van der Waals surface area (Å²) in [5.74, 6) is -0.799. The van der Waals surface area contributed by atoms with E-state index in [9.17, 15) is 20.0 Å². The van der Waals surface area contributed by atoms with Gasteiger partial charge < -0.3 is 19.9 Å². The van der Waals surface area contributed by atoms with E-state index in [1.165, 1.54) is 42.5 Å². The molecule has 7 nitrogen and oxygen atoms in total. The van der Waals surface area contributed by atoms with Crippen molar-refractivity contribution in [1.29, 1.82) is 5.26 Å². The zero-order chi connectivity index (χ0) is 20.1. The molecule has 0 radical (unpaired) electrons. The lowest BCUT2D eigenvalue weighted by Crippen LogP contribution is -2.13. The molecular weight excluding hydrogens is 360 g/mol. The highest BCUT2D eigenvalue weighted by molar-refractivity contribution is 6.09. The summed E-state index contributed by atoms with van der Waals surface area (Å²) < 4.78 is 5.63. The summed E-state index contributed by atoms with van der Waals surface area (Å²) in [4.78, 5) is 23.2. The van der Waals surface area contributed by atoms with Gasteiger partial charge in [-0.1, -0.05) is 12.1 Å². The van der Waals surface area contributed by atoms with Gasteiger partial charge in [0.15, 0.2) is 0 Å². The second kappa shape index (κ2) is 7.93. The topological polar surface area (TPSA) is 124 Å². The Balaban J connectivity index is 1.78. The Morgan fingerprint density at radius 2 is 1.68 bits per heavy atom. The molecule has 138 valence electrons. The van der Waals surface area contributed by atoms with E-state index in [-0.39, 0.29) is 16.9 Å². The molecule has 3 aromatic rings. The third kappa shape index (κ3) is 4.26. The highest BCUT2D eigenvalue weighted by Crippen LogP contribution is 2.24. The van der Waals surface area contributed by atoms with E-state index in [4.69, 9.17) is 9.52 Å². The Morgan fingerprint density at radius 1 is 1.00 bits per heavy atom. The van der Waals surface area contributed by atoms with Gasteiger partial charge >= 0.3 is 5.97 Å². The Kier molecular flexibility index (Phi) is 5.23. The van der Waals surface area contributed by atoms with Gasteiger partial charge in [0.2, 0.25) is 0 Å². The molecule has 1 heterocycles. The van der Waals surface area contributed by atoms with Crippen molar-refractivity contribution in [3.05, 3.63) is 77.6 Å². The molecule has 0 saturated heterocycles. The number of rotatable bonds is 5. The summed E-state index contributed by atoms with van der Waals surface area (Å²) in [6.07, 6.45) is 1.31. The second-order valence-electron chi connectivity index (χ2n) is 5.76. The third-order valence-corrected chi connectivity index (χ3v) is 3.82. The van der Waals surface area contributed by atoms with Gasteiger partial charge in [0.1, 0.15) is 28.9 Å². The zero-order valence-electron chi connectivity index (χ0n) is 14.4. The van der Waals surface area contributed by atoms with Gasteiger partial charge in [-0.05, 0) is 48.5 Å². The molecule has 3 N–H and O–H groups in total. The molecule has 1 amide bonds. The quantitative estimate of drug-likeness (QED) is 0.353. The number of aromatic hydroxyl groups is 1. The predicted octanol–water partition coefficient (Wildman–Crippen LogP) is 3.90. The van der Waals surface area contributed by atoms with Crippen LogP contribution in [0.1, 0.15) is 16.1 Å². The smallest absolute Gasteiger partial charge is 0.335 e. The van der Waals surface area contributed by atoms with Crippen molar-refractivity contribution < 1.29 is 24.2 Å². The van der Waals surface area contributed by atoms with Crippen molar-refractivity contribution in [1.82, 2.24) is 0 Å². The molecular formula is C21H14N2O5. The van der Waals surface area contributed by atoms with Crippen LogP contribution in [0.4, 0.5) is 5.69 Å². The van der Waals surface area contributed by atoms with Crippen molar-refractivity contribution in [3.63, 3.8) is 0 Å². The number of carbonyl (C=O) groups excluding carboxylic acids is 1. The Bertz CT molecular complexity index is 1090. The number of benzene rings is 2. The van der Waals surface area contributed by atoms with E-state index in [1.54, 1.807) is 24.3 Å². The molecule has 0 aliphatic rings. The first-order valence-corrected chi connectivity index (χ1v) is 8.12. The van der Waals surface area contributed by atoms with Gasteiger partial charge in [0.25, 0.3) is 5.91 Å². The number of amides is 1. The Hall–Kier alpha value is -4.31. The molecule has 0 spiro atoms. The number of nitriles is 1. The lowest BCUT2D eigenvalue weighted by Gasteiger charge is -2.03. The van der Waals surface area contributed by atoms with Gasteiger partial charge in [-0.3, -0.25) is 4.79 Å². The number of carboxylic acid groups (broad SMARTS) is 1. The fourth-order valence-electron chi connectivity index (χ4n) is 2.40. The van der Waals surface area contributed by atoms with Crippen LogP contribution in [0.3, 0.4) is 0 Å². The number of aromatic carboxylic acids is 1. The minimum absolute atomic E-state index is 0.0635. The first-order valence-electron chi connectivity index (χ1n) is 8.12. The number of nitrogens with zero attached hydrogens (tertiary/aromatic N) is 1. The molecule has 0 aliphatic carbocycles. The fraction of sp³-hybridized carbons (Fsp3) is 0. The lowest BCUT2D eigenvalue weighted by molar-refractivity contribution is -0.112. The largest absolute Gasteiger partial charge is 0.508 e. The minimum atomic E-state index is -1.02. The zero-order valence-corrected chi connectivity index (χ0v) is 14.4. The SMILES string of the molecule is N#C/C(=C/c1ccc(-c2ccc(C(=O)O)cc2)o1)C(=O)Nc1ccc(O)cc1. The number of nitrogens with one attached hydrogen (secondary N) is 1. The average molecular weight is 374 g/mol. The van der Waals surface area contributed by atoms with E-state index in [1.807, 2.05) is 6.07 Å². The molecule has 3 rings (SSSR count). The summed E-state index contributed by atoms with van der Waals surface area (Å²) in [6.45, 7) is 0. The maximum atomic E-state index is 12.2. The van der Waals surface area contributed by atoms with Crippen molar-refractivity contribution in [2.45, 2.75) is 0 Å². The van der Waals surface area contributed by atoms with E-state index < -0.39 is 11.9 Å². The molecule has 0 atom stereocenters. The monoisotopic (exact) mass is 374 g/mol. The van der Waals surface area contributed by atoms with E-state index in [2.05, 4.69) is 5.32 Å². The first kappa shape index (κ1) is 18.5. The normalized spacial score (nSPS) is 10.9. The average Bonchev–Trinajstić information content (AvgIpc) is 3.16. The van der Waals surface area contributed by atoms with Crippen LogP contribution in [-0.4, -0.2) is 22.1 Å². The minimum Gasteiger partial charge on any atom is -0.508 e. The maximum Gasteiger partial charge on any atom is 0.335 e. The number of hydrogen-bond donors (Lipinski definition) is 3. The predicted molar refractivity (Wildman–Crippen MR) is 101 cm³/mol. The number of anilines is 1. The molecule has 28 heavy (non-hydrogen) atoms.